The SMILES string of the molecule is O=C(NCC1CC(O)C1)c1ccc(-n2cccc2)cc1. The van der Waals surface area contributed by atoms with Crippen LogP contribution in [0.3, 0.4) is 0 Å². The Morgan fingerprint density at radius 1 is 1.20 bits per heavy atom. The Morgan fingerprint density at radius 2 is 1.85 bits per heavy atom. The van der Waals surface area contributed by atoms with Gasteiger partial charge in [-0.1, -0.05) is 0 Å². The molecule has 1 aliphatic rings. The van der Waals surface area contributed by atoms with Crippen molar-refractivity contribution in [2.24, 2.45) is 5.92 Å². The number of rotatable bonds is 4. The molecule has 1 fully saturated rings. The number of carbonyl (C=O) groups excluding carboxylic acids is 1. The molecule has 0 radical (unpaired) electrons. The smallest absolute Gasteiger partial charge is 0.251 e. The number of nitrogens with zero attached hydrogens (tertiary/aromatic N) is 1. The number of hydrogen-bond acceptors (Lipinski definition) is 2. The number of aromatic nitrogens is 1. The predicted octanol–water partition coefficient (Wildman–Crippen LogP) is 1.98. The minimum Gasteiger partial charge on any atom is -0.393 e. The average Bonchev–Trinajstić information content (AvgIpc) is 2.96. The van der Waals surface area contributed by atoms with Crippen LogP contribution in [0.2, 0.25) is 0 Å². The second-order valence-corrected chi connectivity index (χ2v) is 5.34. The van der Waals surface area contributed by atoms with Crippen molar-refractivity contribution < 1.29 is 9.90 Å². The summed E-state index contributed by atoms with van der Waals surface area (Å²) < 4.78 is 2.00. The van der Waals surface area contributed by atoms with E-state index < -0.39 is 0 Å². The summed E-state index contributed by atoms with van der Waals surface area (Å²) in [4.78, 5) is 12.0. The third-order valence-electron chi connectivity index (χ3n) is 3.79. The quantitative estimate of drug-likeness (QED) is 0.892. The van der Waals surface area contributed by atoms with Crippen molar-refractivity contribution >= 4 is 5.91 Å². The van der Waals surface area contributed by atoms with Gasteiger partial charge in [0, 0.05) is 30.2 Å². The molecule has 0 bridgehead atoms. The van der Waals surface area contributed by atoms with E-state index in [1.54, 1.807) is 0 Å². The molecular weight excluding hydrogens is 252 g/mol. The maximum Gasteiger partial charge on any atom is 0.251 e. The summed E-state index contributed by atoms with van der Waals surface area (Å²) in [5.74, 6) is 0.374. The normalized spacial score (nSPS) is 21.2. The van der Waals surface area contributed by atoms with Crippen molar-refractivity contribution in [1.82, 2.24) is 9.88 Å². The van der Waals surface area contributed by atoms with Gasteiger partial charge < -0.3 is 15.0 Å². The molecule has 1 aliphatic carbocycles. The van der Waals surface area contributed by atoms with Crippen LogP contribution in [-0.4, -0.2) is 28.2 Å². The van der Waals surface area contributed by atoms with Crippen LogP contribution in [0.15, 0.2) is 48.8 Å². The topological polar surface area (TPSA) is 54.3 Å². The zero-order valence-corrected chi connectivity index (χ0v) is 11.2. The van der Waals surface area contributed by atoms with E-state index in [1.165, 1.54) is 0 Å². The van der Waals surface area contributed by atoms with Crippen LogP contribution >= 0.6 is 0 Å². The van der Waals surface area contributed by atoms with Gasteiger partial charge in [0.15, 0.2) is 0 Å². The van der Waals surface area contributed by atoms with Gasteiger partial charge in [-0.15, -0.1) is 0 Å². The van der Waals surface area contributed by atoms with Crippen LogP contribution in [0.5, 0.6) is 0 Å². The third-order valence-corrected chi connectivity index (χ3v) is 3.79. The Bertz CT molecular complexity index is 569. The molecule has 0 saturated heterocycles. The molecule has 0 atom stereocenters. The van der Waals surface area contributed by atoms with Crippen molar-refractivity contribution in [1.29, 1.82) is 0 Å². The largest absolute Gasteiger partial charge is 0.393 e. The van der Waals surface area contributed by atoms with Crippen molar-refractivity contribution in [2.45, 2.75) is 18.9 Å². The van der Waals surface area contributed by atoms with Gasteiger partial charge in [-0.2, -0.15) is 0 Å². The van der Waals surface area contributed by atoms with Crippen molar-refractivity contribution in [2.75, 3.05) is 6.54 Å². The molecule has 0 unspecified atom stereocenters. The molecule has 104 valence electrons. The summed E-state index contributed by atoms with van der Waals surface area (Å²) in [5.41, 5.74) is 1.70. The number of amides is 1. The van der Waals surface area contributed by atoms with E-state index in [-0.39, 0.29) is 12.0 Å². The lowest BCUT2D eigenvalue weighted by Crippen LogP contribution is -2.38. The van der Waals surface area contributed by atoms with Gasteiger partial charge in [0.2, 0.25) is 0 Å². The monoisotopic (exact) mass is 270 g/mol. The standard InChI is InChI=1S/C16H18N2O2/c19-15-9-12(10-15)11-17-16(20)13-3-5-14(6-4-13)18-7-1-2-8-18/h1-8,12,15,19H,9-11H2,(H,17,20). The number of benzene rings is 1. The zero-order valence-electron chi connectivity index (χ0n) is 11.2. The van der Waals surface area contributed by atoms with Gasteiger partial charge in [0.1, 0.15) is 0 Å². The summed E-state index contributed by atoms with van der Waals surface area (Å²) in [6.45, 7) is 0.648. The summed E-state index contributed by atoms with van der Waals surface area (Å²) in [7, 11) is 0. The van der Waals surface area contributed by atoms with Crippen molar-refractivity contribution in [3.63, 3.8) is 0 Å². The highest BCUT2D eigenvalue weighted by atomic mass is 16.3. The first-order valence-electron chi connectivity index (χ1n) is 6.92. The van der Waals surface area contributed by atoms with Gasteiger partial charge in [0.05, 0.1) is 6.10 Å². The summed E-state index contributed by atoms with van der Waals surface area (Å²) in [6, 6.07) is 11.5. The van der Waals surface area contributed by atoms with Gasteiger partial charge in [-0.05, 0) is 55.2 Å². The Balaban J connectivity index is 1.58. The van der Waals surface area contributed by atoms with E-state index in [0.717, 1.165) is 18.5 Å². The first-order valence-corrected chi connectivity index (χ1v) is 6.92. The minimum atomic E-state index is -0.169. The third kappa shape index (κ3) is 2.75. The molecule has 4 nitrogen and oxygen atoms in total. The van der Waals surface area contributed by atoms with E-state index in [4.69, 9.17) is 0 Å². The molecule has 1 aromatic carbocycles. The first-order chi connectivity index (χ1) is 9.72. The second-order valence-electron chi connectivity index (χ2n) is 5.34. The molecule has 3 rings (SSSR count). The average molecular weight is 270 g/mol. The molecule has 0 aliphatic heterocycles. The lowest BCUT2D eigenvalue weighted by atomic mass is 9.82. The van der Waals surface area contributed by atoms with Crippen LogP contribution in [0, 0.1) is 5.92 Å². The van der Waals surface area contributed by atoms with Crippen LogP contribution in [0.25, 0.3) is 5.69 Å². The van der Waals surface area contributed by atoms with E-state index in [0.29, 0.717) is 18.0 Å². The highest BCUT2D eigenvalue weighted by Crippen LogP contribution is 2.26. The minimum absolute atomic E-state index is 0.0505. The van der Waals surface area contributed by atoms with Crippen molar-refractivity contribution in [3.05, 3.63) is 54.4 Å². The molecule has 1 heterocycles. The van der Waals surface area contributed by atoms with E-state index in [2.05, 4.69) is 5.32 Å². The van der Waals surface area contributed by atoms with Gasteiger partial charge in [0.25, 0.3) is 5.91 Å². The van der Waals surface area contributed by atoms with Crippen LogP contribution < -0.4 is 5.32 Å². The summed E-state index contributed by atoms with van der Waals surface area (Å²) in [5, 5.41) is 12.1. The highest BCUT2D eigenvalue weighted by Gasteiger charge is 2.27. The van der Waals surface area contributed by atoms with Gasteiger partial charge >= 0.3 is 0 Å². The van der Waals surface area contributed by atoms with Crippen molar-refractivity contribution in [3.8, 4) is 5.69 Å². The fourth-order valence-corrected chi connectivity index (χ4v) is 2.50. The Kier molecular flexibility index (Phi) is 3.56. The molecule has 4 heteroatoms. The molecule has 1 saturated carbocycles. The van der Waals surface area contributed by atoms with Gasteiger partial charge in [-0.25, -0.2) is 0 Å². The molecule has 1 amide bonds. The lowest BCUT2D eigenvalue weighted by molar-refractivity contribution is 0.0420. The molecule has 2 N–H and O–H groups in total. The summed E-state index contributed by atoms with van der Waals surface area (Å²) >= 11 is 0. The van der Waals surface area contributed by atoms with Gasteiger partial charge in [-0.3, -0.25) is 4.79 Å². The van der Waals surface area contributed by atoms with E-state index in [9.17, 15) is 9.90 Å². The van der Waals surface area contributed by atoms with E-state index >= 15 is 0 Å². The maximum atomic E-state index is 12.0. The lowest BCUT2D eigenvalue weighted by Gasteiger charge is -2.31. The zero-order chi connectivity index (χ0) is 13.9. The van der Waals surface area contributed by atoms with Crippen LogP contribution in [0.1, 0.15) is 23.2 Å². The molecule has 2 aromatic rings. The first kappa shape index (κ1) is 12.9. The molecule has 0 spiro atoms. The number of aliphatic hydroxyl groups excluding tert-OH is 1. The Labute approximate surface area is 118 Å². The predicted molar refractivity (Wildman–Crippen MR) is 76.8 cm³/mol. The maximum absolute atomic E-state index is 12.0. The fourth-order valence-electron chi connectivity index (χ4n) is 2.50. The highest BCUT2D eigenvalue weighted by molar-refractivity contribution is 5.94. The second kappa shape index (κ2) is 5.51. The van der Waals surface area contributed by atoms with Crippen LogP contribution in [0.4, 0.5) is 0 Å². The molecular formula is C16H18N2O2. The number of hydrogen-bond donors (Lipinski definition) is 2. The Hall–Kier alpha value is -2.07. The molecule has 1 aromatic heterocycles. The molecule has 20 heavy (non-hydrogen) atoms. The van der Waals surface area contributed by atoms with Crippen LogP contribution in [-0.2, 0) is 0 Å². The summed E-state index contributed by atoms with van der Waals surface area (Å²) in [6.07, 6.45) is 5.37. The fraction of sp³-hybridized carbons (Fsp3) is 0.312. The number of aliphatic hydroxyl groups is 1. The Morgan fingerprint density at radius 3 is 2.45 bits per heavy atom. The van der Waals surface area contributed by atoms with E-state index in [1.807, 2.05) is 53.4 Å². The number of carbonyl (C=O) groups is 1. The number of nitrogens with one attached hydrogen (secondary N) is 1.